The van der Waals surface area contributed by atoms with Crippen LogP contribution in [0.2, 0.25) is 0 Å². The number of anilines is 1. The first-order valence-corrected chi connectivity index (χ1v) is 7.91. The van der Waals surface area contributed by atoms with Gasteiger partial charge >= 0.3 is 11.8 Å². The summed E-state index contributed by atoms with van der Waals surface area (Å²) < 4.78 is 0. The average Bonchev–Trinajstić information content (AvgIpc) is 2.68. The van der Waals surface area contributed by atoms with Gasteiger partial charge in [0, 0.05) is 28.8 Å². The summed E-state index contributed by atoms with van der Waals surface area (Å²) in [6.45, 7) is 0. The van der Waals surface area contributed by atoms with Crippen molar-refractivity contribution in [3.05, 3.63) is 82.4 Å². The minimum Gasteiger partial charge on any atom is -0.317 e. The Morgan fingerprint density at radius 1 is 0.963 bits per heavy atom. The van der Waals surface area contributed by atoms with Crippen LogP contribution in [0, 0.1) is 10.1 Å². The van der Waals surface area contributed by atoms with Crippen LogP contribution in [-0.4, -0.2) is 23.0 Å². The van der Waals surface area contributed by atoms with E-state index >= 15 is 0 Å². The molecule has 0 radical (unpaired) electrons. The Labute approximate surface area is 153 Å². The molecule has 134 valence electrons. The number of non-ortho nitro benzene ring substituents is 1. The topological polar surface area (TPSA) is 114 Å². The molecule has 8 heteroatoms. The fourth-order valence-electron chi connectivity index (χ4n) is 2.45. The van der Waals surface area contributed by atoms with Gasteiger partial charge in [-0.25, -0.2) is 5.43 Å². The second-order valence-electron chi connectivity index (χ2n) is 5.53. The lowest BCUT2D eigenvalue weighted by molar-refractivity contribution is -0.384. The summed E-state index contributed by atoms with van der Waals surface area (Å²) >= 11 is 0. The molecule has 0 aromatic heterocycles. The number of nitro groups is 1. The van der Waals surface area contributed by atoms with Gasteiger partial charge in [0.2, 0.25) is 0 Å². The van der Waals surface area contributed by atoms with Crippen LogP contribution >= 0.6 is 0 Å². The Bertz CT molecular complexity index is 1060. The number of fused-ring (bicyclic) bond motifs is 1. The lowest BCUT2D eigenvalue weighted by Crippen LogP contribution is -2.32. The zero-order valence-electron chi connectivity index (χ0n) is 14.0. The Balaban J connectivity index is 1.65. The summed E-state index contributed by atoms with van der Waals surface area (Å²) in [7, 11) is 0. The van der Waals surface area contributed by atoms with Crippen molar-refractivity contribution in [3.8, 4) is 0 Å². The maximum Gasteiger partial charge on any atom is 0.329 e. The summed E-state index contributed by atoms with van der Waals surface area (Å²) in [5.74, 6) is -1.83. The summed E-state index contributed by atoms with van der Waals surface area (Å²) in [6.07, 6.45) is 1.22. The number of amides is 2. The van der Waals surface area contributed by atoms with Crippen LogP contribution in [0.3, 0.4) is 0 Å². The molecule has 0 heterocycles. The molecule has 0 spiro atoms. The predicted molar refractivity (Wildman–Crippen MR) is 101 cm³/mol. The Hall–Kier alpha value is -4.07. The van der Waals surface area contributed by atoms with Gasteiger partial charge in [-0.2, -0.15) is 5.10 Å². The fourth-order valence-corrected chi connectivity index (χ4v) is 2.45. The molecule has 0 unspecified atom stereocenters. The molecule has 27 heavy (non-hydrogen) atoms. The van der Waals surface area contributed by atoms with Gasteiger partial charge in [0.1, 0.15) is 0 Å². The molecule has 3 rings (SSSR count). The number of benzene rings is 3. The maximum atomic E-state index is 12.1. The van der Waals surface area contributed by atoms with Gasteiger partial charge < -0.3 is 5.32 Å². The predicted octanol–water partition coefficient (Wildman–Crippen LogP) is 2.84. The van der Waals surface area contributed by atoms with Crippen molar-refractivity contribution < 1.29 is 14.5 Å². The van der Waals surface area contributed by atoms with Gasteiger partial charge in [-0.05, 0) is 11.5 Å². The van der Waals surface area contributed by atoms with Gasteiger partial charge in [0.15, 0.2) is 0 Å². The zero-order chi connectivity index (χ0) is 19.2. The molecule has 8 nitrogen and oxygen atoms in total. The molecule has 0 fully saturated rings. The number of nitrogens with one attached hydrogen (secondary N) is 2. The highest BCUT2D eigenvalue weighted by atomic mass is 16.6. The number of nitrogens with zero attached hydrogens (tertiary/aromatic N) is 2. The van der Waals surface area contributed by atoms with Crippen LogP contribution in [0.5, 0.6) is 0 Å². The molecule has 2 N–H and O–H groups in total. The summed E-state index contributed by atoms with van der Waals surface area (Å²) in [4.78, 5) is 34.2. The maximum absolute atomic E-state index is 12.1. The Morgan fingerprint density at radius 3 is 2.52 bits per heavy atom. The molecule has 3 aromatic rings. The number of carbonyl (C=O) groups is 2. The van der Waals surface area contributed by atoms with Gasteiger partial charge in [0.05, 0.1) is 11.1 Å². The smallest absolute Gasteiger partial charge is 0.317 e. The molecule has 0 saturated heterocycles. The SMILES string of the molecule is O=C(NN=Cc1cccc([N+](=O)[O-])c1)C(=O)Nc1cccc2ccccc12. The van der Waals surface area contributed by atoms with Crippen LogP contribution in [0.25, 0.3) is 10.8 Å². The third-order valence-corrected chi connectivity index (χ3v) is 3.70. The van der Waals surface area contributed by atoms with E-state index in [1.54, 1.807) is 18.2 Å². The summed E-state index contributed by atoms with van der Waals surface area (Å²) in [6, 6.07) is 18.5. The average molecular weight is 362 g/mol. The quantitative estimate of drug-likeness (QED) is 0.321. The number of hydrazone groups is 1. The second-order valence-corrected chi connectivity index (χ2v) is 5.53. The van der Waals surface area contributed by atoms with E-state index < -0.39 is 16.7 Å². The molecule has 0 atom stereocenters. The zero-order valence-corrected chi connectivity index (χ0v) is 14.0. The standard InChI is InChI=1S/C19H14N4O4/c24-18(21-17-10-4-7-14-6-1-2-9-16(14)17)19(25)22-20-12-13-5-3-8-15(11-13)23(26)27/h1-12H,(H,21,24)(H,22,25). The highest BCUT2D eigenvalue weighted by Gasteiger charge is 2.14. The monoisotopic (exact) mass is 362 g/mol. The number of carbonyl (C=O) groups excluding carboxylic acids is 2. The van der Waals surface area contributed by atoms with Gasteiger partial charge in [-0.15, -0.1) is 0 Å². The molecular formula is C19H14N4O4. The number of rotatable bonds is 4. The molecule has 0 aliphatic carbocycles. The van der Waals surface area contributed by atoms with Gasteiger partial charge in [-0.1, -0.05) is 48.5 Å². The molecule has 0 aliphatic rings. The third-order valence-electron chi connectivity index (χ3n) is 3.70. The van der Waals surface area contributed by atoms with E-state index in [0.717, 1.165) is 10.8 Å². The first kappa shape index (κ1) is 17.7. The number of hydrogen-bond acceptors (Lipinski definition) is 5. The van der Waals surface area contributed by atoms with Crippen molar-refractivity contribution >= 4 is 40.2 Å². The molecule has 0 saturated carbocycles. The Morgan fingerprint density at radius 2 is 1.70 bits per heavy atom. The van der Waals surface area contributed by atoms with Crippen LogP contribution in [0.15, 0.2) is 71.8 Å². The van der Waals surface area contributed by atoms with Crippen molar-refractivity contribution in [1.29, 1.82) is 0 Å². The van der Waals surface area contributed by atoms with Crippen molar-refractivity contribution in [2.45, 2.75) is 0 Å². The lowest BCUT2D eigenvalue weighted by atomic mass is 10.1. The van der Waals surface area contributed by atoms with Crippen molar-refractivity contribution in [1.82, 2.24) is 5.43 Å². The van der Waals surface area contributed by atoms with Crippen molar-refractivity contribution in [2.75, 3.05) is 5.32 Å². The van der Waals surface area contributed by atoms with Gasteiger partial charge in [0.25, 0.3) is 5.69 Å². The van der Waals surface area contributed by atoms with Crippen molar-refractivity contribution in [2.24, 2.45) is 5.10 Å². The van der Waals surface area contributed by atoms with Crippen LogP contribution in [-0.2, 0) is 9.59 Å². The molecule has 0 bridgehead atoms. The van der Waals surface area contributed by atoms with Crippen LogP contribution in [0.1, 0.15) is 5.56 Å². The van der Waals surface area contributed by atoms with E-state index in [9.17, 15) is 19.7 Å². The number of hydrogen-bond donors (Lipinski definition) is 2. The molecule has 3 aromatic carbocycles. The van der Waals surface area contributed by atoms with E-state index in [-0.39, 0.29) is 5.69 Å². The first-order chi connectivity index (χ1) is 13.0. The highest BCUT2D eigenvalue weighted by Crippen LogP contribution is 2.22. The number of nitro benzene ring substituents is 1. The highest BCUT2D eigenvalue weighted by molar-refractivity contribution is 6.40. The van der Waals surface area contributed by atoms with Crippen LogP contribution in [0.4, 0.5) is 11.4 Å². The van der Waals surface area contributed by atoms with E-state index in [2.05, 4.69) is 15.8 Å². The third kappa shape index (κ3) is 4.31. The normalized spacial score (nSPS) is 10.7. The van der Waals surface area contributed by atoms with Crippen LogP contribution < -0.4 is 10.7 Å². The molecule has 2 amide bonds. The molecular weight excluding hydrogens is 348 g/mol. The lowest BCUT2D eigenvalue weighted by Gasteiger charge is -2.07. The largest absolute Gasteiger partial charge is 0.329 e. The minimum absolute atomic E-state index is 0.0982. The second kappa shape index (κ2) is 7.87. The van der Waals surface area contributed by atoms with E-state index in [4.69, 9.17) is 0 Å². The van der Waals surface area contributed by atoms with E-state index in [1.807, 2.05) is 30.3 Å². The van der Waals surface area contributed by atoms with Crippen molar-refractivity contribution in [3.63, 3.8) is 0 Å². The summed E-state index contributed by atoms with van der Waals surface area (Å²) in [5, 5.41) is 18.7. The van der Waals surface area contributed by atoms with E-state index in [1.165, 1.54) is 24.4 Å². The Kier molecular flexibility index (Phi) is 5.17. The fraction of sp³-hybridized carbons (Fsp3) is 0. The van der Waals surface area contributed by atoms with E-state index in [0.29, 0.717) is 11.3 Å². The summed E-state index contributed by atoms with van der Waals surface area (Å²) in [5.41, 5.74) is 2.92. The first-order valence-electron chi connectivity index (χ1n) is 7.91. The minimum atomic E-state index is -0.954. The van der Waals surface area contributed by atoms with Gasteiger partial charge in [-0.3, -0.25) is 19.7 Å². The molecule has 0 aliphatic heterocycles.